The van der Waals surface area contributed by atoms with Crippen LogP contribution in [0.1, 0.15) is 10.5 Å². The van der Waals surface area contributed by atoms with Crippen molar-refractivity contribution < 1.29 is 18.3 Å². The number of fused-ring (bicyclic) bond motifs is 1. The summed E-state index contributed by atoms with van der Waals surface area (Å²) >= 11 is 4.76. The number of halogens is 1. The third-order valence-corrected chi connectivity index (χ3v) is 6.01. The van der Waals surface area contributed by atoms with Gasteiger partial charge in [-0.05, 0) is 33.6 Å². The zero-order valence-corrected chi connectivity index (χ0v) is 14.0. The van der Waals surface area contributed by atoms with Crippen LogP contribution < -0.4 is 5.14 Å². The lowest BCUT2D eigenvalue weighted by Gasteiger charge is -2.03. The molecule has 0 radical (unpaired) electrons. The summed E-state index contributed by atoms with van der Waals surface area (Å²) in [5.41, 5.74) is 1.89. The number of carbonyl (C=O) groups is 1. The van der Waals surface area contributed by atoms with Crippen molar-refractivity contribution >= 4 is 53.5 Å². The Bertz CT molecular complexity index is 987. The molecule has 1 aromatic carbocycles. The third-order valence-electron chi connectivity index (χ3n) is 3.16. The molecule has 6 nitrogen and oxygen atoms in total. The van der Waals surface area contributed by atoms with Crippen molar-refractivity contribution in [2.45, 2.75) is 4.90 Å². The van der Waals surface area contributed by atoms with Crippen molar-refractivity contribution in [3.63, 3.8) is 0 Å². The van der Waals surface area contributed by atoms with Crippen LogP contribution in [0.4, 0.5) is 0 Å². The highest BCUT2D eigenvalue weighted by Gasteiger charge is 2.21. The van der Waals surface area contributed by atoms with Gasteiger partial charge in [-0.2, -0.15) is 0 Å². The molecule has 0 unspecified atom stereocenters. The number of hydrogen-bond acceptors (Lipinski definition) is 4. The van der Waals surface area contributed by atoms with E-state index in [2.05, 4.69) is 20.9 Å². The molecule has 0 spiro atoms. The SMILES string of the molecule is NS(=O)(=O)c1ccc(-c2c(C(=O)O)[nH]c3c(Br)csc23)cc1. The van der Waals surface area contributed by atoms with E-state index in [1.54, 1.807) is 12.1 Å². The maximum absolute atomic E-state index is 11.4. The minimum absolute atomic E-state index is 0.0211. The quantitative estimate of drug-likeness (QED) is 0.626. The topological polar surface area (TPSA) is 113 Å². The van der Waals surface area contributed by atoms with Gasteiger partial charge in [-0.3, -0.25) is 0 Å². The van der Waals surface area contributed by atoms with E-state index in [9.17, 15) is 18.3 Å². The fourth-order valence-electron chi connectivity index (χ4n) is 2.19. The Hall–Kier alpha value is -1.68. The number of benzene rings is 1. The lowest BCUT2D eigenvalue weighted by atomic mass is 10.1. The molecule has 0 saturated heterocycles. The first kappa shape index (κ1) is 15.2. The number of aromatic carboxylic acids is 1. The number of H-pyrrole nitrogens is 1. The molecule has 0 atom stereocenters. The summed E-state index contributed by atoms with van der Waals surface area (Å²) < 4.78 is 24.2. The highest BCUT2D eigenvalue weighted by Crippen LogP contribution is 2.40. The number of rotatable bonds is 3. The number of aromatic nitrogens is 1. The average molecular weight is 401 g/mol. The van der Waals surface area contributed by atoms with Crippen LogP contribution in [0.2, 0.25) is 0 Å². The van der Waals surface area contributed by atoms with Crippen LogP contribution in [0.25, 0.3) is 21.3 Å². The minimum atomic E-state index is -3.78. The van der Waals surface area contributed by atoms with Crippen molar-refractivity contribution in [1.82, 2.24) is 4.98 Å². The van der Waals surface area contributed by atoms with Crippen LogP contribution in [0.5, 0.6) is 0 Å². The summed E-state index contributed by atoms with van der Waals surface area (Å²) in [7, 11) is -3.78. The van der Waals surface area contributed by atoms with E-state index in [-0.39, 0.29) is 10.6 Å². The monoisotopic (exact) mass is 400 g/mol. The van der Waals surface area contributed by atoms with Crippen LogP contribution in [-0.2, 0) is 10.0 Å². The van der Waals surface area contributed by atoms with Gasteiger partial charge in [-0.15, -0.1) is 11.3 Å². The van der Waals surface area contributed by atoms with Crippen LogP contribution in [0.3, 0.4) is 0 Å². The second-order valence-electron chi connectivity index (χ2n) is 4.54. The van der Waals surface area contributed by atoms with E-state index in [1.807, 2.05) is 5.38 Å². The predicted octanol–water partition coefficient (Wildman–Crippen LogP) is 3.00. The minimum Gasteiger partial charge on any atom is -0.477 e. The normalized spacial score (nSPS) is 11.9. The van der Waals surface area contributed by atoms with Gasteiger partial charge in [0.05, 0.1) is 19.6 Å². The van der Waals surface area contributed by atoms with Crippen molar-refractivity contribution in [3.05, 3.63) is 39.8 Å². The maximum atomic E-state index is 11.4. The number of hydrogen-bond donors (Lipinski definition) is 3. The summed E-state index contributed by atoms with van der Waals surface area (Å²) in [6.45, 7) is 0. The van der Waals surface area contributed by atoms with E-state index >= 15 is 0 Å². The predicted molar refractivity (Wildman–Crippen MR) is 87.6 cm³/mol. The van der Waals surface area contributed by atoms with Gasteiger partial charge in [-0.1, -0.05) is 12.1 Å². The molecule has 0 amide bonds. The van der Waals surface area contributed by atoms with Crippen molar-refractivity contribution in [1.29, 1.82) is 0 Å². The number of nitrogens with one attached hydrogen (secondary N) is 1. The van der Waals surface area contributed by atoms with Gasteiger partial charge in [0, 0.05) is 10.9 Å². The molecule has 3 aromatic rings. The second-order valence-corrected chi connectivity index (χ2v) is 7.83. The zero-order chi connectivity index (χ0) is 16.1. The molecular weight excluding hydrogens is 392 g/mol. The van der Waals surface area contributed by atoms with E-state index in [1.165, 1.54) is 23.5 Å². The van der Waals surface area contributed by atoms with Crippen LogP contribution >= 0.6 is 27.3 Å². The van der Waals surface area contributed by atoms with Crippen molar-refractivity contribution in [3.8, 4) is 11.1 Å². The van der Waals surface area contributed by atoms with Gasteiger partial charge in [-0.25, -0.2) is 18.4 Å². The molecule has 114 valence electrons. The summed E-state index contributed by atoms with van der Waals surface area (Å²) in [6, 6.07) is 5.81. The highest BCUT2D eigenvalue weighted by molar-refractivity contribution is 9.10. The molecule has 4 N–H and O–H groups in total. The smallest absolute Gasteiger partial charge is 0.353 e. The molecule has 2 heterocycles. The van der Waals surface area contributed by atoms with Crippen LogP contribution in [0, 0.1) is 0 Å². The lowest BCUT2D eigenvalue weighted by molar-refractivity contribution is 0.0692. The standard InChI is InChI=1S/C13H9BrN2O4S2/c14-8-5-21-12-9(11(13(17)18)16-10(8)12)6-1-3-7(4-2-6)22(15,19)20/h1-5,16H,(H,17,18)(H2,15,19,20). The summed E-state index contributed by atoms with van der Waals surface area (Å²) in [6.07, 6.45) is 0. The first-order valence-electron chi connectivity index (χ1n) is 5.94. The summed E-state index contributed by atoms with van der Waals surface area (Å²) in [4.78, 5) is 14.3. The number of carboxylic acids is 1. The van der Waals surface area contributed by atoms with E-state index in [0.717, 1.165) is 9.17 Å². The Kier molecular flexibility index (Phi) is 3.60. The number of sulfonamides is 1. The van der Waals surface area contributed by atoms with E-state index < -0.39 is 16.0 Å². The Morgan fingerprint density at radius 3 is 2.45 bits per heavy atom. The first-order valence-corrected chi connectivity index (χ1v) is 9.16. The van der Waals surface area contributed by atoms with Gasteiger partial charge in [0.25, 0.3) is 0 Å². The largest absolute Gasteiger partial charge is 0.477 e. The lowest BCUT2D eigenvalue weighted by Crippen LogP contribution is -2.11. The Balaban J connectivity index is 2.25. The number of aromatic amines is 1. The molecule has 0 fully saturated rings. The number of primary sulfonamides is 1. The fraction of sp³-hybridized carbons (Fsp3) is 0. The van der Waals surface area contributed by atoms with Crippen molar-refractivity contribution in [2.75, 3.05) is 0 Å². The van der Waals surface area contributed by atoms with Crippen molar-refractivity contribution in [2.24, 2.45) is 5.14 Å². The maximum Gasteiger partial charge on any atom is 0.353 e. The summed E-state index contributed by atoms with van der Waals surface area (Å²) in [5.74, 6) is -1.08. The molecule has 9 heteroatoms. The fourth-order valence-corrected chi connectivity index (χ4v) is 4.37. The Labute approximate surface area is 137 Å². The summed E-state index contributed by atoms with van der Waals surface area (Å²) in [5, 5.41) is 16.3. The van der Waals surface area contributed by atoms with Gasteiger partial charge < -0.3 is 10.1 Å². The molecule has 3 rings (SSSR count). The molecule has 0 aliphatic carbocycles. The highest BCUT2D eigenvalue weighted by atomic mass is 79.9. The Morgan fingerprint density at radius 1 is 1.27 bits per heavy atom. The number of thiophene rings is 1. The van der Waals surface area contributed by atoms with Gasteiger partial charge in [0.2, 0.25) is 10.0 Å². The second kappa shape index (κ2) is 5.20. The Morgan fingerprint density at radius 2 is 1.91 bits per heavy atom. The number of nitrogens with two attached hydrogens (primary N) is 1. The molecule has 0 aliphatic heterocycles. The first-order chi connectivity index (χ1) is 10.3. The zero-order valence-electron chi connectivity index (χ0n) is 10.8. The number of carboxylic acid groups (broad SMARTS) is 1. The average Bonchev–Trinajstić information content (AvgIpc) is 2.98. The molecule has 0 saturated carbocycles. The molecular formula is C13H9BrN2O4S2. The molecule has 2 aromatic heterocycles. The van der Waals surface area contributed by atoms with Gasteiger partial charge in [0.15, 0.2) is 0 Å². The van der Waals surface area contributed by atoms with Crippen LogP contribution in [0.15, 0.2) is 39.0 Å². The molecule has 0 bridgehead atoms. The molecule has 0 aliphatic rings. The molecule has 22 heavy (non-hydrogen) atoms. The van der Waals surface area contributed by atoms with Gasteiger partial charge in [0.1, 0.15) is 5.69 Å². The van der Waals surface area contributed by atoms with E-state index in [0.29, 0.717) is 16.6 Å². The van der Waals surface area contributed by atoms with Crippen LogP contribution in [-0.4, -0.2) is 24.5 Å². The van der Waals surface area contributed by atoms with E-state index in [4.69, 9.17) is 5.14 Å². The van der Waals surface area contributed by atoms with Gasteiger partial charge >= 0.3 is 5.97 Å². The third kappa shape index (κ3) is 2.45.